The van der Waals surface area contributed by atoms with Crippen LogP contribution >= 0.6 is 0 Å². The molecule has 72 valence electrons. The highest BCUT2D eigenvalue weighted by molar-refractivity contribution is 4.96. The normalized spacial score (nSPS) is 10.7. The molecule has 0 atom stereocenters. The summed E-state index contributed by atoms with van der Waals surface area (Å²) in [6.07, 6.45) is 4.37. The number of nitrogens with two attached hydrogens (primary N) is 1. The van der Waals surface area contributed by atoms with Crippen LogP contribution < -0.4 is 5.73 Å². The molecule has 0 radical (unpaired) electrons. The molecule has 2 N–H and O–H groups in total. The number of hydrogen-bond acceptors (Lipinski definition) is 4. The van der Waals surface area contributed by atoms with Gasteiger partial charge in [-0.15, -0.1) is 0 Å². The molecule has 0 bridgehead atoms. The van der Waals surface area contributed by atoms with Crippen LogP contribution in [0, 0.1) is 0 Å². The molecule has 0 aliphatic carbocycles. The summed E-state index contributed by atoms with van der Waals surface area (Å²) in [5, 5.41) is 0. The highest BCUT2D eigenvalue weighted by Crippen LogP contribution is 1.97. The van der Waals surface area contributed by atoms with Crippen LogP contribution in [0.15, 0.2) is 18.6 Å². The summed E-state index contributed by atoms with van der Waals surface area (Å²) in [7, 11) is 2.07. The van der Waals surface area contributed by atoms with Crippen molar-refractivity contribution < 1.29 is 0 Å². The predicted octanol–water partition coefficient (Wildman–Crippen LogP) is 0.257. The van der Waals surface area contributed by atoms with Gasteiger partial charge >= 0.3 is 0 Å². The summed E-state index contributed by atoms with van der Waals surface area (Å²) in [5.74, 6) is 0. The Morgan fingerprint density at radius 1 is 1.54 bits per heavy atom. The van der Waals surface area contributed by atoms with Crippen LogP contribution in [0.5, 0.6) is 0 Å². The van der Waals surface area contributed by atoms with Gasteiger partial charge in [0.05, 0.1) is 5.69 Å². The first-order chi connectivity index (χ1) is 6.33. The van der Waals surface area contributed by atoms with E-state index in [-0.39, 0.29) is 0 Å². The van der Waals surface area contributed by atoms with E-state index in [1.807, 2.05) is 6.07 Å². The van der Waals surface area contributed by atoms with E-state index in [0.717, 1.165) is 31.7 Å². The molecule has 1 heterocycles. The Morgan fingerprint density at radius 3 is 3.00 bits per heavy atom. The second-order valence-corrected chi connectivity index (χ2v) is 3.08. The maximum absolute atomic E-state index is 5.42. The van der Waals surface area contributed by atoms with Crippen LogP contribution in [-0.4, -0.2) is 35.0 Å². The van der Waals surface area contributed by atoms with Gasteiger partial charge in [0.2, 0.25) is 0 Å². The van der Waals surface area contributed by atoms with Crippen LogP contribution in [0.2, 0.25) is 0 Å². The fraction of sp³-hybridized carbons (Fsp3) is 0.556. The zero-order chi connectivity index (χ0) is 9.52. The van der Waals surface area contributed by atoms with Crippen molar-refractivity contribution in [2.45, 2.75) is 13.0 Å². The fourth-order valence-corrected chi connectivity index (χ4v) is 1.13. The highest BCUT2D eigenvalue weighted by Gasteiger charge is 1.99. The molecule has 1 aromatic rings. The average molecular weight is 180 g/mol. The molecule has 0 amide bonds. The molecule has 0 unspecified atom stereocenters. The quantitative estimate of drug-likeness (QED) is 0.706. The molecule has 0 saturated heterocycles. The lowest BCUT2D eigenvalue weighted by molar-refractivity contribution is 0.320. The summed E-state index contributed by atoms with van der Waals surface area (Å²) in [6, 6.07) is 1.93. The smallest absolute Gasteiger partial charge is 0.115 e. The molecule has 1 rings (SSSR count). The molecule has 0 spiro atoms. The second-order valence-electron chi connectivity index (χ2n) is 3.08. The first-order valence-corrected chi connectivity index (χ1v) is 4.46. The van der Waals surface area contributed by atoms with Gasteiger partial charge in [0.25, 0.3) is 0 Å². The van der Waals surface area contributed by atoms with Crippen molar-refractivity contribution in [3.63, 3.8) is 0 Å². The van der Waals surface area contributed by atoms with E-state index in [4.69, 9.17) is 5.73 Å². The van der Waals surface area contributed by atoms with E-state index >= 15 is 0 Å². The maximum atomic E-state index is 5.42. The van der Waals surface area contributed by atoms with E-state index in [2.05, 4.69) is 21.9 Å². The Hall–Kier alpha value is -1.00. The van der Waals surface area contributed by atoms with E-state index in [9.17, 15) is 0 Å². The lowest BCUT2D eigenvalue weighted by atomic mass is 10.3. The van der Waals surface area contributed by atoms with E-state index in [1.54, 1.807) is 12.5 Å². The lowest BCUT2D eigenvalue weighted by Crippen LogP contribution is -2.21. The van der Waals surface area contributed by atoms with E-state index in [1.165, 1.54) is 0 Å². The molecule has 0 aliphatic rings. The number of nitrogens with zero attached hydrogens (tertiary/aromatic N) is 3. The molecule has 0 fully saturated rings. The molecule has 0 aromatic carbocycles. The lowest BCUT2D eigenvalue weighted by Gasteiger charge is -2.14. The van der Waals surface area contributed by atoms with Crippen LogP contribution in [0.4, 0.5) is 0 Å². The number of hydrogen-bond donors (Lipinski definition) is 1. The first kappa shape index (κ1) is 10.1. The molecule has 0 aliphatic heterocycles. The highest BCUT2D eigenvalue weighted by atomic mass is 15.1. The Labute approximate surface area is 78.8 Å². The van der Waals surface area contributed by atoms with E-state index < -0.39 is 0 Å². The standard InChI is InChI=1S/C9H16N4/c1-13(6-2-4-10)7-9-3-5-11-8-12-9/h3,5,8H,2,4,6-7,10H2,1H3. The van der Waals surface area contributed by atoms with Gasteiger partial charge in [-0.25, -0.2) is 9.97 Å². The maximum Gasteiger partial charge on any atom is 0.115 e. The summed E-state index contributed by atoms with van der Waals surface area (Å²) >= 11 is 0. The Morgan fingerprint density at radius 2 is 2.38 bits per heavy atom. The van der Waals surface area contributed by atoms with Crippen LogP contribution in [-0.2, 0) is 6.54 Å². The van der Waals surface area contributed by atoms with Crippen molar-refractivity contribution in [3.8, 4) is 0 Å². The van der Waals surface area contributed by atoms with Gasteiger partial charge in [-0.2, -0.15) is 0 Å². The molecule has 13 heavy (non-hydrogen) atoms. The molecule has 4 heteroatoms. The average Bonchev–Trinajstić information content (AvgIpc) is 2.16. The van der Waals surface area contributed by atoms with Crippen molar-refractivity contribution in [2.75, 3.05) is 20.1 Å². The van der Waals surface area contributed by atoms with Gasteiger partial charge in [-0.1, -0.05) is 0 Å². The topological polar surface area (TPSA) is 55.0 Å². The van der Waals surface area contributed by atoms with Crippen molar-refractivity contribution >= 4 is 0 Å². The zero-order valence-corrected chi connectivity index (χ0v) is 7.98. The molecule has 4 nitrogen and oxygen atoms in total. The Kier molecular flexibility index (Phi) is 4.35. The molecular formula is C9H16N4. The monoisotopic (exact) mass is 180 g/mol. The van der Waals surface area contributed by atoms with Crippen molar-refractivity contribution in [1.82, 2.24) is 14.9 Å². The Bertz CT molecular complexity index is 224. The van der Waals surface area contributed by atoms with Gasteiger partial charge in [0, 0.05) is 12.7 Å². The SMILES string of the molecule is CN(CCCN)Cc1ccncn1. The third-order valence-corrected chi connectivity index (χ3v) is 1.82. The molecular weight excluding hydrogens is 164 g/mol. The number of aromatic nitrogens is 2. The summed E-state index contributed by atoms with van der Waals surface area (Å²) in [6.45, 7) is 2.62. The summed E-state index contributed by atoms with van der Waals surface area (Å²) < 4.78 is 0. The number of rotatable bonds is 5. The van der Waals surface area contributed by atoms with Crippen molar-refractivity contribution in [2.24, 2.45) is 5.73 Å². The van der Waals surface area contributed by atoms with Crippen LogP contribution in [0.3, 0.4) is 0 Å². The van der Waals surface area contributed by atoms with Crippen LogP contribution in [0.1, 0.15) is 12.1 Å². The van der Waals surface area contributed by atoms with Gasteiger partial charge in [-0.3, -0.25) is 0 Å². The largest absolute Gasteiger partial charge is 0.330 e. The Balaban J connectivity index is 2.32. The van der Waals surface area contributed by atoms with Crippen molar-refractivity contribution in [3.05, 3.63) is 24.3 Å². The molecule has 0 saturated carbocycles. The minimum atomic E-state index is 0.744. The van der Waals surface area contributed by atoms with Gasteiger partial charge in [0.15, 0.2) is 0 Å². The third kappa shape index (κ3) is 3.96. The predicted molar refractivity (Wildman–Crippen MR) is 52.0 cm³/mol. The third-order valence-electron chi connectivity index (χ3n) is 1.82. The first-order valence-electron chi connectivity index (χ1n) is 4.46. The van der Waals surface area contributed by atoms with Crippen molar-refractivity contribution in [1.29, 1.82) is 0 Å². The minimum absolute atomic E-state index is 0.744. The second kappa shape index (κ2) is 5.61. The van der Waals surface area contributed by atoms with Gasteiger partial charge in [0.1, 0.15) is 6.33 Å². The zero-order valence-electron chi connectivity index (χ0n) is 7.98. The van der Waals surface area contributed by atoms with E-state index in [0.29, 0.717) is 0 Å². The van der Waals surface area contributed by atoms with Gasteiger partial charge in [-0.05, 0) is 32.6 Å². The molecule has 1 aromatic heterocycles. The summed E-state index contributed by atoms with van der Waals surface area (Å²) in [4.78, 5) is 10.2. The van der Waals surface area contributed by atoms with Gasteiger partial charge < -0.3 is 10.6 Å². The summed E-state index contributed by atoms with van der Waals surface area (Å²) in [5.41, 5.74) is 6.47. The fourth-order valence-electron chi connectivity index (χ4n) is 1.13. The van der Waals surface area contributed by atoms with Crippen LogP contribution in [0.25, 0.3) is 0 Å². The minimum Gasteiger partial charge on any atom is -0.330 e.